The highest BCUT2D eigenvalue weighted by molar-refractivity contribution is 5.33. The first-order valence-corrected chi connectivity index (χ1v) is 7.01. The normalized spacial score (nSPS) is 16.1. The number of nitrogens with two attached hydrogens (primary N) is 1. The summed E-state index contributed by atoms with van der Waals surface area (Å²) in [5.74, 6) is 2.67. The van der Waals surface area contributed by atoms with Crippen molar-refractivity contribution in [1.29, 1.82) is 0 Å². The molecule has 1 saturated carbocycles. The van der Waals surface area contributed by atoms with Gasteiger partial charge in [0.25, 0.3) is 5.89 Å². The average molecular weight is 273 g/mol. The zero-order chi connectivity index (χ0) is 13.9. The Bertz CT molecular complexity index is 576. The van der Waals surface area contributed by atoms with Crippen LogP contribution in [-0.2, 0) is 13.0 Å². The van der Waals surface area contributed by atoms with E-state index >= 15 is 0 Å². The summed E-state index contributed by atoms with van der Waals surface area (Å²) in [6.07, 6.45) is 3.11. The van der Waals surface area contributed by atoms with Crippen LogP contribution in [0, 0.1) is 0 Å². The Morgan fingerprint density at radius 3 is 2.95 bits per heavy atom. The van der Waals surface area contributed by atoms with Gasteiger partial charge in [0.05, 0.1) is 0 Å². The number of aromatic nitrogens is 2. The molecule has 1 unspecified atom stereocenters. The van der Waals surface area contributed by atoms with E-state index in [1.54, 1.807) is 0 Å². The summed E-state index contributed by atoms with van der Waals surface area (Å²) in [7, 11) is 0. The van der Waals surface area contributed by atoms with Crippen LogP contribution in [0.2, 0.25) is 0 Å². The van der Waals surface area contributed by atoms with Gasteiger partial charge in [-0.25, -0.2) is 0 Å². The minimum absolute atomic E-state index is 0.102. The van der Waals surface area contributed by atoms with Crippen LogP contribution in [0.4, 0.5) is 0 Å². The fourth-order valence-electron chi connectivity index (χ4n) is 2.13. The maximum absolute atomic E-state index is 5.85. The Labute approximate surface area is 118 Å². The van der Waals surface area contributed by atoms with Gasteiger partial charge in [0, 0.05) is 12.0 Å². The molecule has 1 heterocycles. The van der Waals surface area contributed by atoms with Gasteiger partial charge < -0.3 is 15.0 Å². The first-order chi connectivity index (χ1) is 9.72. The molecular formula is C15H19N3O2. The van der Waals surface area contributed by atoms with Gasteiger partial charge in [0.1, 0.15) is 5.75 Å². The number of hydrogen-bond acceptors (Lipinski definition) is 5. The van der Waals surface area contributed by atoms with Crippen molar-refractivity contribution in [2.45, 2.75) is 44.8 Å². The van der Waals surface area contributed by atoms with Crippen molar-refractivity contribution < 1.29 is 9.26 Å². The molecule has 5 nitrogen and oxygen atoms in total. The quantitative estimate of drug-likeness (QED) is 0.874. The molecule has 20 heavy (non-hydrogen) atoms. The lowest BCUT2D eigenvalue weighted by Crippen LogP contribution is -2.18. The largest absolute Gasteiger partial charge is 0.483 e. The van der Waals surface area contributed by atoms with E-state index in [0.29, 0.717) is 18.4 Å². The lowest BCUT2D eigenvalue weighted by atomic mass is 10.1. The number of benzene rings is 1. The maximum atomic E-state index is 5.85. The van der Waals surface area contributed by atoms with Crippen LogP contribution in [-0.4, -0.2) is 16.2 Å². The van der Waals surface area contributed by atoms with Crippen LogP contribution in [0.25, 0.3) is 0 Å². The standard InChI is InChI=1S/C15H19N3O2/c1-10(16)8-12-4-2-3-5-13(12)19-9-14-17-15(18-20-14)11-6-7-11/h2-5,10-11H,6-9,16H2,1H3. The SMILES string of the molecule is CC(N)Cc1ccccc1OCc1nc(C2CC2)no1. The topological polar surface area (TPSA) is 74.2 Å². The molecule has 0 bridgehead atoms. The summed E-state index contributed by atoms with van der Waals surface area (Å²) in [6, 6.07) is 8.01. The lowest BCUT2D eigenvalue weighted by Gasteiger charge is -2.11. The van der Waals surface area contributed by atoms with Gasteiger partial charge in [-0.2, -0.15) is 4.98 Å². The second-order valence-electron chi connectivity index (χ2n) is 5.40. The zero-order valence-corrected chi connectivity index (χ0v) is 11.6. The van der Waals surface area contributed by atoms with Crippen molar-refractivity contribution >= 4 is 0 Å². The van der Waals surface area contributed by atoms with E-state index in [9.17, 15) is 0 Å². The molecule has 2 N–H and O–H groups in total. The molecule has 2 aromatic rings. The van der Waals surface area contributed by atoms with E-state index in [1.165, 1.54) is 0 Å². The molecule has 0 aliphatic heterocycles. The highest BCUT2D eigenvalue weighted by atomic mass is 16.5. The van der Waals surface area contributed by atoms with Crippen molar-refractivity contribution in [3.63, 3.8) is 0 Å². The van der Waals surface area contributed by atoms with Gasteiger partial charge in [0.2, 0.25) is 0 Å². The molecule has 5 heteroatoms. The molecule has 0 radical (unpaired) electrons. The Morgan fingerprint density at radius 2 is 2.20 bits per heavy atom. The molecule has 106 valence electrons. The average Bonchev–Trinajstić information content (AvgIpc) is 3.17. The monoisotopic (exact) mass is 273 g/mol. The second kappa shape index (κ2) is 5.63. The Balaban J connectivity index is 1.64. The van der Waals surface area contributed by atoms with Crippen LogP contribution >= 0.6 is 0 Å². The maximum Gasteiger partial charge on any atom is 0.264 e. The fourth-order valence-corrected chi connectivity index (χ4v) is 2.13. The summed E-state index contributed by atoms with van der Waals surface area (Å²) in [6.45, 7) is 2.28. The van der Waals surface area contributed by atoms with Crippen LogP contribution in [0.15, 0.2) is 28.8 Å². The van der Waals surface area contributed by atoms with Crippen LogP contribution in [0.3, 0.4) is 0 Å². The molecule has 3 rings (SSSR count). The minimum atomic E-state index is 0.102. The van der Waals surface area contributed by atoms with E-state index < -0.39 is 0 Å². The van der Waals surface area contributed by atoms with E-state index in [2.05, 4.69) is 10.1 Å². The van der Waals surface area contributed by atoms with Crippen LogP contribution < -0.4 is 10.5 Å². The van der Waals surface area contributed by atoms with Crippen LogP contribution in [0.5, 0.6) is 5.75 Å². The molecule has 0 saturated heterocycles. The zero-order valence-electron chi connectivity index (χ0n) is 11.6. The Kier molecular flexibility index (Phi) is 3.69. The molecule has 1 aromatic heterocycles. The van der Waals surface area contributed by atoms with Gasteiger partial charge in [-0.3, -0.25) is 0 Å². The van der Waals surface area contributed by atoms with Crippen molar-refractivity contribution in [2.24, 2.45) is 5.73 Å². The van der Waals surface area contributed by atoms with Gasteiger partial charge >= 0.3 is 0 Å². The molecule has 1 atom stereocenters. The van der Waals surface area contributed by atoms with Gasteiger partial charge in [0.15, 0.2) is 12.4 Å². The Morgan fingerprint density at radius 1 is 1.40 bits per heavy atom. The number of ether oxygens (including phenoxy) is 1. The van der Waals surface area contributed by atoms with Gasteiger partial charge in [-0.1, -0.05) is 23.4 Å². The summed E-state index contributed by atoms with van der Waals surface area (Å²) < 4.78 is 11.0. The number of rotatable bonds is 6. The number of hydrogen-bond donors (Lipinski definition) is 1. The molecule has 0 amide bonds. The van der Waals surface area contributed by atoms with Gasteiger partial charge in [-0.15, -0.1) is 0 Å². The third kappa shape index (κ3) is 3.17. The highest BCUT2D eigenvalue weighted by Crippen LogP contribution is 2.38. The number of nitrogens with zero attached hydrogens (tertiary/aromatic N) is 2. The third-order valence-corrected chi connectivity index (χ3v) is 3.29. The predicted molar refractivity (Wildman–Crippen MR) is 74.4 cm³/mol. The smallest absolute Gasteiger partial charge is 0.264 e. The molecule has 1 aromatic carbocycles. The van der Waals surface area contributed by atoms with Crippen LogP contribution in [0.1, 0.15) is 43.0 Å². The second-order valence-corrected chi connectivity index (χ2v) is 5.40. The minimum Gasteiger partial charge on any atom is -0.483 e. The molecule has 0 spiro atoms. The fraction of sp³-hybridized carbons (Fsp3) is 0.467. The Hall–Kier alpha value is -1.88. The van der Waals surface area contributed by atoms with Crippen molar-refractivity contribution in [3.8, 4) is 5.75 Å². The van der Waals surface area contributed by atoms with Gasteiger partial charge in [-0.05, 0) is 37.8 Å². The first kappa shape index (κ1) is 13.1. The van der Waals surface area contributed by atoms with E-state index in [1.807, 2.05) is 31.2 Å². The number of para-hydroxylation sites is 1. The summed E-state index contributed by atoms with van der Waals surface area (Å²) in [4.78, 5) is 4.35. The van der Waals surface area contributed by atoms with E-state index in [0.717, 1.165) is 36.4 Å². The molecule has 1 fully saturated rings. The highest BCUT2D eigenvalue weighted by Gasteiger charge is 2.28. The van der Waals surface area contributed by atoms with Crippen molar-refractivity contribution in [2.75, 3.05) is 0 Å². The summed E-state index contributed by atoms with van der Waals surface area (Å²) in [5.41, 5.74) is 6.95. The third-order valence-electron chi connectivity index (χ3n) is 3.29. The van der Waals surface area contributed by atoms with E-state index in [-0.39, 0.29) is 6.04 Å². The predicted octanol–water partition coefficient (Wildman–Crippen LogP) is 2.42. The molecule has 1 aliphatic rings. The lowest BCUT2D eigenvalue weighted by molar-refractivity contribution is 0.240. The van der Waals surface area contributed by atoms with Crippen molar-refractivity contribution in [1.82, 2.24) is 10.1 Å². The van der Waals surface area contributed by atoms with Crippen molar-refractivity contribution in [3.05, 3.63) is 41.5 Å². The van der Waals surface area contributed by atoms with E-state index in [4.69, 9.17) is 15.0 Å². The summed E-state index contributed by atoms with van der Waals surface area (Å²) >= 11 is 0. The molecule has 1 aliphatic carbocycles. The molecular weight excluding hydrogens is 254 g/mol. The first-order valence-electron chi connectivity index (χ1n) is 7.01. The summed E-state index contributed by atoms with van der Waals surface area (Å²) in [5, 5.41) is 3.98.